The van der Waals surface area contributed by atoms with E-state index in [0.717, 1.165) is 55.4 Å². The highest BCUT2D eigenvalue weighted by Gasteiger charge is 2.24. The molecule has 0 saturated carbocycles. The lowest BCUT2D eigenvalue weighted by Crippen LogP contribution is -2.35. The van der Waals surface area contributed by atoms with Gasteiger partial charge in [-0.1, -0.05) is 68.4 Å². The second kappa shape index (κ2) is 9.90. The maximum atomic E-state index is 12.7. The molecular formula is C26H32N4O. The van der Waals surface area contributed by atoms with E-state index in [2.05, 4.69) is 70.7 Å². The molecule has 3 aromatic rings. The van der Waals surface area contributed by atoms with E-state index in [9.17, 15) is 4.79 Å². The van der Waals surface area contributed by atoms with Crippen LogP contribution in [0, 0.1) is 11.8 Å². The van der Waals surface area contributed by atoms with Crippen molar-refractivity contribution in [3.05, 3.63) is 65.9 Å². The van der Waals surface area contributed by atoms with Gasteiger partial charge in [-0.15, -0.1) is 10.2 Å². The fourth-order valence-corrected chi connectivity index (χ4v) is 4.35. The maximum Gasteiger partial charge on any atom is 0.272 e. The van der Waals surface area contributed by atoms with E-state index in [1.165, 1.54) is 5.56 Å². The van der Waals surface area contributed by atoms with Crippen LogP contribution in [0.1, 0.15) is 49.2 Å². The summed E-state index contributed by atoms with van der Waals surface area (Å²) in [5.41, 5.74) is 1.83. The molecule has 162 valence electrons. The minimum absolute atomic E-state index is 0.141. The molecule has 1 amide bonds. The molecule has 1 N–H and O–H groups in total. The summed E-state index contributed by atoms with van der Waals surface area (Å²) in [6.07, 6.45) is 4.37. The first-order valence-electron chi connectivity index (χ1n) is 11.4. The zero-order valence-electron chi connectivity index (χ0n) is 18.6. The molecule has 0 atom stereocenters. The number of fused-ring (bicyclic) bond motifs is 1. The summed E-state index contributed by atoms with van der Waals surface area (Å²) in [4.78, 5) is 15.0. The van der Waals surface area contributed by atoms with E-state index in [4.69, 9.17) is 0 Å². The van der Waals surface area contributed by atoms with Gasteiger partial charge in [0.25, 0.3) is 5.91 Å². The lowest BCUT2D eigenvalue weighted by molar-refractivity contribution is 0.0948. The SMILES string of the molecule is CC(C)CCNC(=O)c1nnc(N2CCC(Cc3ccccc3)CC2)c2ccccc12. The molecule has 0 aliphatic carbocycles. The molecule has 5 heteroatoms. The summed E-state index contributed by atoms with van der Waals surface area (Å²) < 4.78 is 0. The third-order valence-electron chi connectivity index (χ3n) is 6.17. The number of benzene rings is 2. The van der Waals surface area contributed by atoms with Gasteiger partial charge in [0.05, 0.1) is 0 Å². The van der Waals surface area contributed by atoms with Gasteiger partial charge in [-0.25, -0.2) is 0 Å². The lowest BCUT2D eigenvalue weighted by atomic mass is 9.90. The summed E-state index contributed by atoms with van der Waals surface area (Å²) >= 11 is 0. The number of aromatic nitrogens is 2. The van der Waals surface area contributed by atoms with Crippen molar-refractivity contribution in [3.8, 4) is 0 Å². The minimum atomic E-state index is -0.141. The van der Waals surface area contributed by atoms with Gasteiger partial charge < -0.3 is 10.2 Å². The highest BCUT2D eigenvalue weighted by Crippen LogP contribution is 2.30. The second-order valence-electron chi connectivity index (χ2n) is 8.98. The average molecular weight is 417 g/mol. The van der Waals surface area contributed by atoms with Gasteiger partial charge in [-0.3, -0.25) is 4.79 Å². The van der Waals surface area contributed by atoms with E-state index in [1.807, 2.05) is 18.2 Å². The van der Waals surface area contributed by atoms with Gasteiger partial charge in [0.15, 0.2) is 11.5 Å². The normalized spacial score (nSPS) is 14.9. The zero-order chi connectivity index (χ0) is 21.6. The van der Waals surface area contributed by atoms with Crippen LogP contribution in [0.5, 0.6) is 0 Å². The number of hydrogen-bond donors (Lipinski definition) is 1. The number of rotatable bonds is 7. The molecular weight excluding hydrogens is 384 g/mol. The molecule has 4 rings (SSSR count). The molecule has 2 heterocycles. The van der Waals surface area contributed by atoms with Crippen LogP contribution in [0.3, 0.4) is 0 Å². The first-order valence-corrected chi connectivity index (χ1v) is 11.4. The predicted octanol–water partition coefficient (Wildman–Crippen LogP) is 4.86. The Morgan fingerprint density at radius 3 is 2.39 bits per heavy atom. The summed E-state index contributed by atoms with van der Waals surface area (Å²) in [5, 5.41) is 13.8. The Bertz CT molecular complexity index is 1010. The molecule has 1 saturated heterocycles. The third kappa shape index (κ3) is 5.22. The second-order valence-corrected chi connectivity index (χ2v) is 8.98. The molecule has 2 aromatic carbocycles. The van der Waals surface area contributed by atoms with Crippen molar-refractivity contribution in [2.24, 2.45) is 11.8 Å². The van der Waals surface area contributed by atoms with Crippen molar-refractivity contribution in [3.63, 3.8) is 0 Å². The largest absolute Gasteiger partial charge is 0.355 e. The van der Waals surface area contributed by atoms with E-state index in [1.54, 1.807) is 0 Å². The molecule has 0 unspecified atom stereocenters. The monoisotopic (exact) mass is 416 g/mol. The molecule has 0 bridgehead atoms. The molecule has 1 aromatic heterocycles. The van der Waals surface area contributed by atoms with Crippen LogP contribution in [0.4, 0.5) is 5.82 Å². The van der Waals surface area contributed by atoms with Gasteiger partial charge in [0, 0.05) is 30.4 Å². The molecule has 1 fully saturated rings. The van der Waals surface area contributed by atoms with Crippen molar-refractivity contribution < 1.29 is 4.79 Å². The van der Waals surface area contributed by atoms with Gasteiger partial charge in [0.1, 0.15) is 0 Å². The van der Waals surface area contributed by atoms with Crippen molar-refractivity contribution in [2.45, 2.75) is 39.5 Å². The Morgan fingerprint density at radius 2 is 1.68 bits per heavy atom. The number of piperidine rings is 1. The van der Waals surface area contributed by atoms with Crippen LogP contribution in [0.15, 0.2) is 54.6 Å². The predicted molar refractivity (Wildman–Crippen MR) is 126 cm³/mol. The van der Waals surface area contributed by atoms with Crippen LogP contribution in [-0.4, -0.2) is 35.7 Å². The number of amides is 1. The van der Waals surface area contributed by atoms with Crippen molar-refractivity contribution in [1.82, 2.24) is 15.5 Å². The molecule has 1 aliphatic rings. The molecule has 5 nitrogen and oxygen atoms in total. The number of carbonyl (C=O) groups excluding carboxylic acids is 1. The van der Waals surface area contributed by atoms with Crippen molar-refractivity contribution in [1.29, 1.82) is 0 Å². The highest BCUT2D eigenvalue weighted by molar-refractivity contribution is 6.07. The Morgan fingerprint density at radius 1 is 1.00 bits per heavy atom. The Labute approximate surface area is 184 Å². The van der Waals surface area contributed by atoms with E-state index >= 15 is 0 Å². The topological polar surface area (TPSA) is 58.1 Å². The van der Waals surface area contributed by atoms with Crippen LogP contribution >= 0.6 is 0 Å². The fourth-order valence-electron chi connectivity index (χ4n) is 4.35. The summed E-state index contributed by atoms with van der Waals surface area (Å²) in [6.45, 7) is 6.90. The smallest absolute Gasteiger partial charge is 0.272 e. The lowest BCUT2D eigenvalue weighted by Gasteiger charge is -2.33. The van der Waals surface area contributed by atoms with Crippen LogP contribution in [0.25, 0.3) is 10.8 Å². The van der Waals surface area contributed by atoms with Gasteiger partial charge in [-0.2, -0.15) is 0 Å². The Hall–Kier alpha value is -2.95. The molecule has 0 spiro atoms. The van der Waals surface area contributed by atoms with Crippen LogP contribution in [0.2, 0.25) is 0 Å². The van der Waals surface area contributed by atoms with Crippen LogP contribution < -0.4 is 10.2 Å². The number of carbonyl (C=O) groups is 1. The van der Waals surface area contributed by atoms with E-state index in [-0.39, 0.29) is 5.91 Å². The summed E-state index contributed by atoms with van der Waals surface area (Å²) in [5.74, 6) is 2.00. The first-order chi connectivity index (χ1) is 15.1. The summed E-state index contributed by atoms with van der Waals surface area (Å²) in [6, 6.07) is 18.8. The molecule has 0 radical (unpaired) electrons. The van der Waals surface area contributed by atoms with Crippen LogP contribution in [-0.2, 0) is 6.42 Å². The number of anilines is 1. The third-order valence-corrected chi connectivity index (χ3v) is 6.17. The standard InChI is InChI=1S/C26H32N4O/c1-19(2)12-15-27-26(31)24-22-10-6-7-11-23(22)25(29-28-24)30-16-13-21(14-17-30)18-20-8-4-3-5-9-20/h3-11,19,21H,12-18H2,1-2H3,(H,27,31). The first kappa shape index (κ1) is 21.3. The van der Waals surface area contributed by atoms with E-state index < -0.39 is 0 Å². The van der Waals surface area contributed by atoms with Crippen molar-refractivity contribution >= 4 is 22.5 Å². The minimum Gasteiger partial charge on any atom is -0.355 e. The Kier molecular flexibility index (Phi) is 6.80. The number of hydrogen-bond acceptors (Lipinski definition) is 4. The Balaban J connectivity index is 1.47. The van der Waals surface area contributed by atoms with Gasteiger partial charge in [-0.05, 0) is 43.1 Å². The fraction of sp³-hybridized carbons (Fsp3) is 0.423. The highest BCUT2D eigenvalue weighted by atomic mass is 16.1. The molecule has 31 heavy (non-hydrogen) atoms. The number of nitrogens with zero attached hydrogens (tertiary/aromatic N) is 3. The zero-order valence-corrected chi connectivity index (χ0v) is 18.6. The quantitative estimate of drug-likeness (QED) is 0.597. The van der Waals surface area contributed by atoms with Crippen molar-refractivity contribution in [2.75, 3.05) is 24.5 Å². The average Bonchev–Trinajstić information content (AvgIpc) is 2.79. The number of nitrogens with one attached hydrogen (secondary N) is 1. The van der Waals surface area contributed by atoms with Gasteiger partial charge in [0.2, 0.25) is 0 Å². The van der Waals surface area contributed by atoms with E-state index in [0.29, 0.717) is 24.1 Å². The maximum absolute atomic E-state index is 12.7. The summed E-state index contributed by atoms with van der Waals surface area (Å²) in [7, 11) is 0. The van der Waals surface area contributed by atoms with Gasteiger partial charge >= 0.3 is 0 Å². The molecule has 1 aliphatic heterocycles.